The molecule has 92 valence electrons. The zero-order valence-electron chi connectivity index (χ0n) is 9.69. The van der Waals surface area contributed by atoms with E-state index in [4.69, 9.17) is 17.3 Å². The van der Waals surface area contributed by atoms with Gasteiger partial charge in [-0.05, 0) is 11.6 Å². The maximum absolute atomic E-state index is 5.97. The summed E-state index contributed by atoms with van der Waals surface area (Å²) >= 11 is 7.48. The maximum atomic E-state index is 5.97. The first-order chi connectivity index (χ1) is 8.67. The van der Waals surface area contributed by atoms with Crippen LogP contribution in [0.1, 0.15) is 16.8 Å². The molecule has 0 aliphatic carbocycles. The molecular formula is C13H12ClN3S. The van der Waals surface area contributed by atoms with Gasteiger partial charge in [-0.2, -0.15) is 0 Å². The Morgan fingerprint density at radius 1 is 1.56 bits per heavy atom. The lowest BCUT2D eigenvalue weighted by atomic mass is 10.1. The highest BCUT2D eigenvalue weighted by atomic mass is 35.5. The van der Waals surface area contributed by atoms with Gasteiger partial charge in [0.15, 0.2) is 0 Å². The van der Waals surface area contributed by atoms with Crippen molar-refractivity contribution in [1.29, 1.82) is 0 Å². The number of hydrogen-bond donors (Lipinski definition) is 1. The van der Waals surface area contributed by atoms with Crippen molar-refractivity contribution in [3.05, 3.63) is 47.8 Å². The van der Waals surface area contributed by atoms with Crippen LogP contribution < -0.4 is 5.73 Å². The zero-order valence-corrected chi connectivity index (χ0v) is 11.3. The third-order valence-electron chi connectivity index (χ3n) is 2.49. The van der Waals surface area contributed by atoms with E-state index < -0.39 is 0 Å². The summed E-state index contributed by atoms with van der Waals surface area (Å²) in [5.41, 5.74) is 10.7. The zero-order chi connectivity index (χ0) is 13.1. The third-order valence-corrected chi connectivity index (χ3v) is 3.45. The molecule has 0 saturated carbocycles. The number of thiazole rings is 1. The maximum Gasteiger partial charge on any atom is 0.0889 e. The standard InChI is InChI=1S/C13H12ClN3S/c1-3-9-4-10(5-15)13(11-6-16-7-18-11)17-12(9)8(2)14/h3-4,6-7H,1-2,5,15H2. The SMILES string of the molecule is C=Cc1cc(CN)c(-c2cncs2)nc1C(=C)Cl. The second-order valence-electron chi connectivity index (χ2n) is 3.61. The Labute approximate surface area is 115 Å². The first-order valence-electron chi connectivity index (χ1n) is 5.27. The van der Waals surface area contributed by atoms with E-state index in [1.165, 1.54) is 11.3 Å². The Hall–Kier alpha value is -1.49. The molecule has 2 rings (SSSR count). The molecule has 0 amide bonds. The van der Waals surface area contributed by atoms with Crippen LogP contribution in [0.2, 0.25) is 0 Å². The molecule has 0 radical (unpaired) electrons. The summed E-state index contributed by atoms with van der Waals surface area (Å²) in [5, 5.41) is 0.388. The van der Waals surface area contributed by atoms with Gasteiger partial charge < -0.3 is 5.73 Å². The molecule has 2 aromatic rings. The lowest BCUT2D eigenvalue weighted by Gasteiger charge is -2.10. The Morgan fingerprint density at radius 3 is 2.83 bits per heavy atom. The molecule has 0 spiro atoms. The van der Waals surface area contributed by atoms with E-state index in [0.717, 1.165) is 21.7 Å². The van der Waals surface area contributed by atoms with E-state index in [1.807, 2.05) is 6.07 Å². The summed E-state index contributed by atoms with van der Waals surface area (Å²) in [6.45, 7) is 7.87. The van der Waals surface area contributed by atoms with Gasteiger partial charge in [0.05, 0.1) is 26.8 Å². The Bertz CT molecular complexity index is 591. The molecule has 2 N–H and O–H groups in total. The van der Waals surface area contributed by atoms with Gasteiger partial charge in [0.1, 0.15) is 0 Å². The molecule has 2 aromatic heterocycles. The summed E-state index contributed by atoms with van der Waals surface area (Å²) in [5.74, 6) is 0. The van der Waals surface area contributed by atoms with Gasteiger partial charge in [0, 0.05) is 18.3 Å². The summed E-state index contributed by atoms with van der Waals surface area (Å²) in [6, 6.07) is 1.94. The molecule has 0 saturated heterocycles. The second kappa shape index (κ2) is 5.44. The number of aromatic nitrogens is 2. The van der Waals surface area contributed by atoms with Crippen molar-refractivity contribution in [3.63, 3.8) is 0 Å². The smallest absolute Gasteiger partial charge is 0.0889 e. The molecule has 0 bridgehead atoms. The van der Waals surface area contributed by atoms with E-state index in [-0.39, 0.29) is 0 Å². The lowest BCUT2D eigenvalue weighted by molar-refractivity contribution is 1.05. The predicted octanol–water partition coefficient (Wildman–Crippen LogP) is 3.52. The molecule has 5 heteroatoms. The van der Waals surface area contributed by atoms with Crippen LogP contribution in [0, 0.1) is 0 Å². The van der Waals surface area contributed by atoms with Crippen LogP contribution in [0.25, 0.3) is 21.7 Å². The van der Waals surface area contributed by atoms with Crippen molar-refractivity contribution in [1.82, 2.24) is 9.97 Å². The largest absolute Gasteiger partial charge is 0.326 e. The van der Waals surface area contributed by atoms with Crippen LogP contribution in [0.4, 0.5) is 0 Å². The molecule has 18 heavy (non-hydrogen) atoms. The predicted molar refractivity (Wildman–Crippen MR) is 78.2 cm³/mol. The molecule has 2 heterocycles. The van der Waals surface area contributed by atoms with E-state index in [0.29, 0.717) is 17.3 Å². The molecule has 0 aromatic carbocycles. The van der Waals surface area contributed by atoms with Gasteiger partial charge in [-0.3, -0.25) is 4.98 Å². The van der Waals surface area contributed by atoms with E-state index in [9.17, 15) is 0 Å². The van der Waals surface area contributed by atoms with Crippen molar-refractivity contribution >= 4 is 34.0 Å². The number of halogens is 1. The lowest BCUT2D eigenvalue weighted by Crippen LogP contribution is -2.03. The van der Waals surface area contributed by atoms with Gasteiger partial charge in [-0.15, -0.1) is 11.3 Å². The Balaban J connectivity index is 2.69. The fourth-order valence-electron chi connectivity index (χ4n) is 1.65. The van der Waals surface area contributed by atoms with Gasteiger partial charge in [0.25, 0.3) is 0 Å². The molecule has 0 fully saturated rings. The van der Waals surface area contributed by atoms with E-state index in [2.05, 4.69) is 23.1 Å². The molecule has 3 nitrogen and oxygen atoms in total. The monoisotopic (exact) mass is 277 g/mol. The minimum Gasteiger partial charge on any atom is -0.326 e. The van der Waals surface area contributed by atoms with Gasteiger partial charge in [0.2, 0.25) is 0 Å². The second-order valence-corrected chi connectivity index (χ2v) is 4.96. The van der Waals surface area contributed by atoms with Crippen LogP contribution in [-0.2, 0) is 6.54 Å². The van der Waals surface area contributed by atoms with Gasteiger partial charge >= 0.3 is 0 Å². The fourth-order valence-corrected chi connectivity index (χ4v) is 2.44. The molecule has 0 atom stereocenters. The molecule has 0 aliphatic heterocycles. The van der Waals surface area contributed by atoms with Crippen LogP contribution >= 0.6 is 22.9 Å². The minimum absolute atomic E-state index is 0.388. The van der Waals surface area contributed by atoms with Crippen LogP contribution in [0.15, 0.2) is 30.9 Å². The highest BCUT2D eigenvalue weighted by Crippen LogP contribution is 2.30. The van der Waals surface area contributed by atoms with E-state index >= 15 is 0 Å². The summed E-state index contributed by atoms with van der Waals surface area (Å²) in [4.78, 5) is 9.56. The third kappa shape index (κ3) is 2.36. The topological polar surface area (TPSA) is 51.8 Å². The van der Waals surface area contributed by atoms with Crippen LogP contribution in [-0.4, -0.2) is 9.97 Å². The first kappa shape index (κ1) is 13.0. The van der Waals surface area contributed by atoms with Gasteiger partial charge in [-0.1, -0.05) is 30.8 Å². The number of rotatable bonds is 4. The first-order valence-corrected chi connectivity index (χ1v) is 6.53. The average molecular weight is 278 g/mol. The normalized spacial score (nSPS) is 10.3. The van der Waals surface area contributed by atoms with Crippen molar-refractivity contribution in [2.24, 2.45) is 5.73 Å². The minimum atomic E-state index is 0.388. The number of hydrogen-bond acceptors (Lipinski definition) is 4. The number of nitrogens with zero attached hydrogens (tertiary/aromatic N) is 2. The Kier molecular flexibility index (Phi) is 3.91. The van der Waals surface area contributed by atoms with Crippen LogP contribution in [0.3, 0.4) is 0 Å². The number of nitrogens with two attached hydrogens (primary N) is 1. The molecule has 0 aliphatic rings. The summed E-state index contributed by atoms with van der Waals surface area (Å²) < 4.78 is 0. The summed E-state index contributed by atoms with van der Waals surface area (Å²) in [7, 11) is 0. The Morgan fingerprint density at radius 2 is 2.33 bits per heavy atom. The van der Waals surface area contributed by atoms with E-state index in [1.54, 1.807) is 17.8 Å². The average Bonchev–Trinajstić information content (AvgIpc) is 2.90. The van der Waals surface area contributed by atoms with Crippen molar-refractivity contribution in [3.8, 4) is 10.6 Å². The van der Waals surface area contributed by atoms with Gasteiger partial charge in [-0.25, -0.2) is 4.98 Å². The van der Waals surface area contributed by atoms with Crippen molar-refractivity contribution in [2.75, 3.05) is 0 Å². The summed E-state index contributed by atoms with van der Waals surface area (Å²) in [6.07, 6.45) is 3.46. The fraction of sp³-hybridized carbons (Fsp3) is 0.0769. The van der Waals surface area contributed by atoms with Crippen molar-refractivity contribution in [2.45, 2.75) is 6.54 Å². The molecule has 0 unspecified atom stereocenters. The van der Waals surface area contributed by atoms with Crippen molar-refractivity contribution < 1.29 is 0 Å². The van der Waals surface area contributed by atoms with Crippen LogP contribution in [0.5, 0.6) is 0 Å². The highest BCUT2D eigenvalue weighted by molar-refractivity contribution is 7.13. The quantitative estimate of drug-likeness (QED) is 0.930. The molecular weight excluding hydrogens is 266 g/mol. The number of pyridine rings is 1. The highest BCUT2D eigenvalue weighted by Gasteiger charge is 2.13.